The van der Waals surface area contributed by atoms with Gasteiger partial charge in [0.25, 0.3) is 0 Å². The Morgan fingerprint density at radius 2 is 1.08 bits per heavy atom. The summed E-state index contributed by atoms with van der Waals surface area (Å²) >= 11 is 0. The van der Waals surface area contributed by atoms with Crippen molar-refractivity contribution in [1.29, 1.82) is 0 Å². The zero-order valence-corrected chi connectivity index (χ0v) is 26.6. The molecule has 0 aromatic heterocycles. The third kappa shape index (κ3) is 16.2. The molecule has 37 heavy (non-hydrogen) atoms. The zero-order chi connectivity index (χ0) is 25.9. The van der Waals surface area contributed by atoms with Gasteiger partial charge in [-0.15, -0.1) is 0 Å². The molecule has 202 valence electrons. The normalized spacial score (nSPS) is 12.6. The molecule has 0 amide bonds. The number of hydrogen-bond donors (Lipinski definition) is 0. The summed E-state index contributed by atoms with van der Waals surface area (Å²) in [6.45, 7) is 4.90. The van der Waals surface area contributed by atoms with Crippen LogP contribution in [-0.4, -0.2) is 13.2 Å². The Morgan fingerprint density at radius 1 is 0.649 bits per heavy atom. The molecule has 0 aliphatic heterocycles. The molecule has 0 aliphatic rings. The van der Waals surface area contributed by atoms with E-state index in [1.54, 1.807) is 6.92 Å². The second-order valence-electron chi connectivity index (χ2n) is 9.85. The molecular formula is C31H48NaO4P. The van der Waals surface area contributed by atoms with Gasteiger partial charge in [-0.1, -0.05) is 127 Å². The van der Waals surface area contributed by atoms with Crippen LogP contribution in [0.5, 0.6) is 5.75 Å². The van der Waals surface area contributed by atoms with E-state index in [9.17, 15) is 9.46 Å². The van der Waals surface area contributed by atoms with Crippen molar-refractivity contribution in [2.24, 2.45) is 0 Å². The fourth-order valence-corrected chi connectivity index (χ4v) is 5.64. The van der Waals surface area contributed by atoms with E-state index in [1.165, 1.54) is 83.5 Å². The summed E-state index contributed by atoms with van der Waals surface area (Å²) in [5.41, 5.74) is 2.87. The van der Waals surface area contributed by atoms with Crippen LogP contribution in [0.15, 0.2) is 48.5 Å². The predicted octanol–water partition coefficient (Wildman–Crippen LogP) is 6.31. The van der Waals surface area contributed by atoms with E-state index in [0.29, 0.717) is 0 Å². The maximum Gasteiger partial charge on any atom is 1.00 e. The Hall–Kier alpha value is -0.610. The Labute approximate surface area is 248 Å². The maximum absolute atomic E-state index is 11.8. The fourth-order valence-electron chi connectivity index (χ4n) is 4.50. The minimum Gasteiger partial charge on any atom is -0.778 e. The molecule has 0 fully saturated rings. The van der Waals surface area contributed by atoms with Gasteiger partial charge < -0.3 is 18.7 Å². The molecule has 0 radical (unpaired) electrons. The molecule has 0 aliphatic carbocycles. The van der Waals surface area contributed by atoms with Gasteiger partial charge in [0.15, 0.2) is 0 Å². The van der Waals surface area contributed by atoms with Gasteiger partial charge in [-0.25, -0.2) is 0 Å². The van der Waals surface area contributed by atoms with Crippen molar-refractivity contribution in [2.45, 2.75) is 110 Å². The molecule has 2 rings (SSSR count). The van der Waals surface area contributed by atoms with Crippen molar-refractivity contribution in [3.8, 4) is 16.9 Å². The van der Waals surface area contributed by atoms with E-state index < -0.39 is 7.60 Å². The van der Waals surface area contributed by atoms with Gasteiger partial charge in [0.1, 0.15) is 13.3 Å². The van der Waals surface area contributed by atoms with Crippen molar-refractivity contribution in [3.05, 3.63) is 54.1 Å². The van der Waals surface area contributed by atoms with Crippen molar-refractivity contribution in [2.75, 3.05) is 13.2 Å². The largest absolute Gasteiger partial charge is 1.00 e. The molecule has 0 spiro atoms. The summed E-state index contributed by atoms with van der Waals surface area (Å²) in [5.74, 6) is 0.897. The van der Waals surface area contributed by atoms with E-state index >= 15 is 0 Å². The first-order chi connectivity index (χ1) is 17.5. The Morgan fingerprint density at radius 3 is 1.54 bits per heavy atom. The third-order valence-electron chi connectivity index (χ3n) is 6.61. The van der Waals surface area contributed by atoms with Gasteiger partial charge in [-0.05, 0) is 42.2 Å². The van der Waals surface area contributed by atoms with Gasteiger partial charge in [-0.2, -0.15) is 0 Å². The minimum absolute atomic E-state index is 0. The van der Waals surface area contributed by atoms with Crippen molar-refractivity contribution < 1.29 is 48.3 Å². The summed E-state index contributed by atoms with van der Waals surface area (Å²) < 4.78 is 22.6. The summed E-state index contributed by atoms with van der Waals surface area (Å²) in [6.07, 6.45) is 19.0. The quantitative estimate of drug-likeness (QED) is 0.106. The predicted molar refractivity (Wildman–Crippen MR) is 151 cm³/mol. The van der Waals surface area contributed by atoms with Crippen LogP contribution in [0.4, 0.5) is 0 Å². The molecule has 1 unspecified atom stereocenters. The average Bonchev–Trinajstić information content (AvgIpc) is 2.87. The van der Waals surface area contributed by atoms with Crippen molar-refractivity contribution in [1.82, 2.24) is 0 Å². The summed E-state index contributed by atoms with van der Waals surface area (Å²) in [6, 6.07) is 15.7. The molecule has 6 heteroatoms. The topological polar surface area (TPSA) is 58.6 Å². The van der Waals surface area contributed by atoms with Crippen LogP contribution in [0.3, 0.4) is 0 Å². The number of benzene rings is 2. The molecule has 0 N–H and O–H groups in total. The fraction of sp³-hybridized carbons (Fsp3) is 0.613. The molecule has 1 atom stereocenters. The van der Waals surface area contributed by atoms with E-state index in [-0.39, 0.29) is 42.3 Å². The summed E-state index contributed by atoms with van der Waals surface area (Å²) in [7, 11) is -3.81. The van der Waals surface area contributed by atoms with Crippen LogP contribution in [0.2, 0.25) is 0 Å². The second kappa shape index (κ2) is 21.2. The van der Waals surface area contributed by atoms with Crippen LogP contribution in [0.1, 0.15) is 109 Å². The second-order valence-corrected chi connectivity index (χ2v) is 11.6. The standard InChI is InChI=1S/C31H49O4P.Na/c1-3-5-6-7-8-9-10-11-12-13-14-15-16-17-26-34-31-24-22-30(23-25-31)29-20-18-28(19-21-29)27-36(32,33)35-4-2;/h18-25H,3-17,26-27H2,1-2H3,(H,32,33);/q;+1/p-1. The van der Waals surface area contributed by atoms with Gasteiger partial charge in [0.05, 0.1) is 13.2 Å². The SMILES string of the molecule is CCCCCCCCCCCCCCCCOc1ccc(-c2ccc(CP(=O)([O-])OCC)cc2)cc1.[Na+]. The summed E-state index contributed by atoms with van der Waals surface area (Å²) in [4.78, 5) is 11.8. The van der Waals surface area contributed by atoms with E-state index in [2.05, 4.69) is 6.92 Å². The molecule has 0 heterocycles. The molecule has 0 bridgehead atoms. The molecular weight excluding hydrogens is 490 g/mol. The van der Waals surface area contributed by atoms with Crippen LogP contribution in [0, 0.1) is 0 Å². The average molecular weight is 539 g/mol. The molecule has 2 aromatic carbocycles. The Bertz CT molecular complexity index is 855. The minimum atomic E-state index is -3.81. The number of hydrogen-bond acceptors (Lipinski definition) is 4. The van der Waals surface area contributed by atoms with Gasteiger partial charge in [0, 0.05) is 6.16 Å². The first-order valence-electron chi connectivity index (χ1n) is 14.3. The van der Waals surface area contributed by atoms with Crippen LogP contribution in [0.25, 0.3) is 11.1 Å². The Kier molecular flexibility index (Phi) is 19.8. The summed E-state index contributed by atoms with van der Waals surface area (Å²) in [5, 5.41) is 0. The van der Waals surface area contributed by atoms with Crippen LogP contribution in [-0.2, 0) is 15.3 Å². The van der Waals surface area contributed by atoms with Gasteiger partial charge >= 0.3 is 29.6 Å². The number of rotatable bonds is 21. The van der Waals surface area contributed by atoms with Crippen LogP contribution >= 0.6 is 7.60 Å². The zero-order valence-electron chi connectivity index (χ0n) is 23.7. The number of ether oxygens (including phenoxy) is 1. The van der Waals surface area contributed by atoms with Gasteiger partial charge in [0.2, 0.25) is 0 Å². The smallest absolute Gasteiger partial charge is 0.778 e. The van der Waals surface area contributed by atoms with E-state index in [4.69, 9.17) is 9.26 Å². The first-order valence-corrected chi connectivity index (χ1v) is 16.0. The van der Waals surface area contributed by atoms with Crippen LogP contribution < -0.4 is 39.2 Å². The maximum atomic E-state index is 11.8. The first kappa shape index (κ1) is 34.4. The Balaban J connectivity index is 0.00000684. The van der Waals surface area contributed by atoms with Crippen molar-refractivity contribution in [3.63, 3.8) is 0 Å². The molecule has 2 aromatic rings. The monoisotopic (exact) mass is 538 g/mol. The van der Waals surface area contributed by atoms with Gasteiger partial charge in [-0.3, -0.25) is 0 Å². The van der Waals surface area contributed by atoms with E-state index in [1.807, 2.05) is 48.5 Å². The third-order valence-corrected chi connectivity index (χ3v) is 8.01. The molecule has 0 saturated heterocycles. The van der Waals surface area contributed by atoms with E-state index in [0.717, 1.165) is 35.5 Å². The number of unbranched alkanes of at least 4 members (excludes halogenated alkanes) is 13. The molecule has 4 nitrogen and oxygen atoms in total. The molecule has 0 saturated carbocycles. The van der Waals surface area contributed by atoms with Crippen molar-refractivity contribution >= 4 is 7.60 Å².